The van der Waals surface area contributed by atoms with Crippen molar-refractivity contribution in [2.45, 2.75) is 40.0 Å². The standard InChI is InChI=1S/C40H33N9O3/c1-39(2,3)21-14-16-25-28(18-21)35-44-33(25)42-31-23-10-6-7-11-24(23)32(41-31)43-34-26-17-15-22(52-20-40(4,5)38(50)51)19-29(26)37(45-34)48-49-30-13-9-8-12-27(30)36(46-35)47-49/h6-19H,20H2,1-5H3,(H2,41,42,43,44,45,46,47,48,50,51)/p+1. The minimum atomic E-state index is -1.08. The largest absolute Gasteiger partial charge is 0.492 e. The molecule has 2 aliphatic heterocycles. The van der Waals surface area contributed by atoms with Crippen LogP contribution in [0.5, 0.6) is 5.75 Å². The first-order valence-corrected chi connectivity index (χ1v) is 17.0. The second-order valence-corrected chi connectivity index (χ2v) is 14.8. The molecule has 2 aliphatic rings. The summed E-state index contributed by atoms with van der Waals surface area (Å²) in [4.78, 5) is 40.5. The van der Waals surface area contributed by atoms with Crippen LogP contribution in [-0.4, -0.2) is 57.8 Å². The van der Waals surface area contributed by atoms with E-state index in [9.17, 15) is 9.90 Å². The van der Waals surface area contributed by atoms with Gasteiger partial charge < -0.3 is 19.8 Å². The van der Waals surface area contributed by atoms with E-state index < -0.39 is 11.4 Å². The Morgan fingerprint density at radius 3 is 1.90 bits per heavy atom. The first-order valence-electron chi connectivity index (χ1n) is 17.0. The number of aliphatic carboxylic acids is 1. The zero-order valence-corrected chi connectivity index (χ0v) is 29.2. The number of carboxylic acids is 1. The maximum Gasteiger partial charge on any atom is 0.312 e. The van der Waals surface area contributed by atoms with E-state index in [1.807, 2.05) is 60.7 Å². The van der Waals surface area contributed by atoms with Crippen molar-refractivity contribution >= 4 is 50.1 Å². The number of hydrogen-bond acceptors (Lipinski definition) is 8. The van der Waals surface area contributed by atoms with Crippen LogP contribution in [0.15, 0.2) is 84.9 Å². The highest BCUT2D eigenvalue weighted by Gasteiger charge is 2.30. The van der Waals surface area contributed by atoms with Crippen LogP contribution in [0.1, 0.15) is 40.2 Å². The zero-order chi connectivity index (χ0) is 35.9. The molecule has 9 rings (SSSR count). The van der Waals surface area contributed by atoms with Gasteiger partial charge in [0.15, 0.2) is 11.6 Å². The third-order valence-electron chi connectivity index (χ3n) is 9.57. The molecule has 7 aromatic rings. The zero-order valence-electron chi connectivity index (χ0n) is 29.2. The summed E-state index contributed by atoms with van der Waals surface area (Å²) >= 11 is 0. The molecule has 256 valence electrons. The molecule has 5 heterocycles. The fourth-order valence-electron chi connectivity index (χ4n) is 6.46. The molecule has 0 aliphatic carbocycles. The van der Waals surface area contributed by atoms with Crippen LogP contribution < -0.4 is 9.53 Å². The highest BCUT2D eigenvalue weighted by Crippen LogP contribution is 2.36. The van der Waals surface area contributed by atoms with E-state index in [1.165, 1.54) is 5.56 Å². The molecule has 0 amide bonds. The number of nitrogens with zero attached hydrogens (tertiary/aromatic N) is 7. The first kappa shape index (κ1) is 31.4. The average molecular weight is 689 g/mol. The van der Waals surface area contributed by atoms with Gasteiger partial charge in [-0.05, 0) is 55.2 Å². The number of aromatic amines is 2. The molecule has 0 saturated carbocycles. The van der Waals surface area contributed by atoms with Crippen molar-refractivity contribution in [3.8, 4) is 45.6 Å². The molecular weight excluding hydrogens is 655 g/mol. The molecule has 0 atom stereocenters. The molecule has 0 saturated heterocycles. The minimum absolute atomic E-state index is 0.0153. The lowest BCUT2D eigenvalue weighted by molar-refractivity contribution is -0.711. The maximum atomic E-state index is 11.8. The van der Waals surface area contributed by atoms with Gasteiger partial charge in [-0.2, -0.15) is 0 Å². The van der Waals surface area contributed by atoms with Gasteiger partial charge in [0, 0.05) is 38.7 Å². The summed E-state index contributed by atoms with van der Waals surface area (Å²) < 4.78 is 6.01. The lowest BCUT2D eigenvalue weighted by atomic mass is 9.86. The van der Waals surface area contributed by atoms with Crippen molar-refractivity contribution in [1.29, 1.82) is 0 Å². The lowest BCUT2D eigenvalue weighted by Crippen LogP contribution is -2.35. The number of carbonyl (C=O) groups is 1. The normalized spacial score (nSPS) is 12.6. The molecule has 3 aromatic heterocycles. The number of ether oxygens (including phenoxy) is 1. The number of para-hydroxylation sites is 1. The van der Waals surface area contributed by atoms with E-state index in [4.69, 9.17) is 34.9 Å². The van der Waals surface area contributed by atoms with Crippen molar-refractivity contribution < 1.29 is 19.4 Å². The predicted octanol–water partition coefficient (Wildman–Crippen LogP) is 7.27. The number of carboxylic acid groups (broad SMARTS) is 1. The monoisotopic (exact) mass is 688 g/mol. The number of H-pyrrole nitrogens is 2. The van der Waals surface area contributed by atoms with E-state index in [-0.39, 0.29) is 12.0 Å². The van der Waals surface area contributed by atoms with Gasteiger partial charge in [0.25, 0.3) is 5.69 Å². The van der Waals surface area contributed by atoms with Crippen LogP contribution >= 0.6 is 0 Å². The fraction of sp³-hybridized carbons (Fsp3) is 0.200. The summed E-state index contributed by atoms with van der Waals surface area (Å²) in [7, 11) is 0. The van der Waals surface area contributed by atoms with Crippen LogP contribution in [-0.2, 0) is 10.2 Å². The summed E-state index contributed by atoms with van der Waals surface area (Å²) in [5, 5.41) is 22.9. The first-order chi connectivity index (χ1) is 24.9. The molecule has 12 nitrogen and oxygen atoms in total. The van der Waals surface area contributed by atoms with Gasteiger partial charge in [-0.1, -0.05) is 69.3 Å². The quantitative estimate of drug-likeness (QED) is 0.162. The van der Waals surface area contributed by atoms with Crippen molar-refractivity contribution in [1.82, 2.24) is 40.1 Å². The Kier molecular flexibility index (Phi) is 6.78. The number of aromatic nitrogens is 9. The van der Waals surface area contributed by atoms with E-state index in [0.29, 0.717) is 51.2 Å². The molecule has 52 heavy (non-hydrogen) atoms. The van der Waals surface area contributed by atoms with Gasteiger partial charge in [-0.25, -0.2) is 19.9 Å². The molecule has 0 spiro atoms. The SMILES string of the molecule is CC(C)(COc1ccc2c3nc4nc(nc5[nH]c(nc6n[n+](nc([nH]3)c2c1)-c1ccccc1-6)c1cc(C(C)(C)C)ccc51)-c1ccccc1-4)C(=O)O. The fourth-order valence-corrected chi connectivity index (χ4v) is 6.46. The van der Waals surface area contributed by atoms with E-state index in [2.05, 4.69) is 48.9 Å². The van der Waals surface area contributed by atoms with Crippen molar-refractivity contribution in [3.05, 3.63) is 90.5 Å². The average Bonchev–Trinajstić information content (AvgIpc) is 3.85. The molecule has 3 N–H and O–H groups in total. The molecule has 4 aromatic carbocycles. The number of nitrogens with one attached hydrogen (secondary N) is 2. The Morgan fingerprint density at radius 2 is 1.23 bits per heavy atom. The molecule has 0 fully saturated rings. The molecule has 12 heteroatoms. The van der Waals surface area contributed by atoms with Gasteiger partial charge in [-0.15, -0.1) is 0 Å². The van der Waals surface area contributed by atoms with E-state index in [0.717, 1.165) is 38.5 Å². The predicted molar refractivity (Wildman–Crippen MR) is 198 cm³/mol. The summed E-state index contributed by atoms with van der Waals surface area (Å²) in [5.74, 6) is 1.08. The molecule has 0 unspecified atom stereocenters. The lowest BCUT2D eigenvalue weighted by Gasteiger charge is -2.19. The maximum absolute atomic E-state index is 11.8. The molecule has 0 radical (unpaired) electrons. The summed E-state index contributed by atoms with van der Waals surface area (Å²) in [5.41, 5.74) is 5.56. The van der Waals surface area contributed by atoms with Gasteiger partial charge >= 0.3 is 5.97 Å². The Morgan fingerprint density at radius 1 is 0.654 bits per heavy atom. The van der Waals surface area contributed by atoms with Crippen LogP contribution in [0.4, 0.5) is 0 Å². The smallest absolute Gasteiger partial charge is 0.312 e. The second-order valence-electron chi connectivity index (χ2n) is 14.8. The van der Waals surface area contributed by atoms with Crippen LogP contribution in [0, 0.1) is 5.41 Å². The number of fused-ring (bicyclic) bond motifs is 20. The van der Waals surface area contributed by atoms with Crippen LogP contribution in [0.25, 0.3) is 84.0 Å². The highest BCUT2D eigenvalue weighted by atomic mass is 16.5. The van der Waals surface area contributed by atoms with Crippen molar-refractivity contribution in [2.24, 2.45) is 5.41 Å². The van der Waals surface area contributed by atoms with Crippen LogP contribution in [0.3, 0.4) is 0 Å². The minimum Gasteiger partial charge on any atom is -0.492 e. The number of rotatable bonds is 4. The van der Waals surface area contributed by atoms with Gasteiger partial charge in [-0.3, -0.25) is 4.79 Å². The Labute approximate surface area is 297 Å². The summed E-state index contributed by atoms with van der Waals surface area (Å²) in [6, 6.07) is 27.6. The molecular formula is C40H34N9O3+. The van der Waals surface area contributed by atoms with Crippen molar-refractivity contribution in [3.63, 3.8) is 0 Å². The van der Waals surface area contributed by atoms with E-state index >= 15 is 0 Å². The molecule has 8 bridgehead atoms. The Hall–Kier alpha value is -6.56. The van der Waals surface area contributed by atoms with Gasteiger partial charge in [0.1, 0.15) is 34.9 Å². The number of benzene rings is 4. The van der Waals surface area contributed by atoms with Crippen molar-refractivity contribution in [2.75, 3.05) is 6.61 Å². The third-order valence-corrected chi connectivity index (χ3v) is 9.57. The summed E-state index contributed by atoms with van der Waals surface area (Å²) in [6.07, 6.45) is 0. The Balaban J connectivity index is 1.39. The Bertz CT molecular complexity index is 2810. The van der Waals surface area contributed by atoms with Gasteiger partial charge in [0.2, 0.25) is 11.5 Å². The second kappa shape index (κ2) is 11.2. The third kappa shape index (κ3) is 5.13. The highest BCUT2D eigenvalue weighted by molar-refractivity contribution is 6.06. The summed E-state index contributed by atoms with van der Waals surface area (Å²) in [6.45, 7) is 9.80. The van der Waals surface area contributed by atoms with Gasteiger partial charge in [0.05, 0.1) is 20.4 Å². The number of hydrogen-bond donors (Lipinski definition) is 3. The van der Waals surface area contributed by atoms with E-state index in [1.54, 1.807) is 24.7 Å². The topological polar surface area (TPSA) is 159 Å². The van der Waals surface area contributed by atoms with Crippen LogP contribution in [0.2, 0.25) is 0 Å².